The van der Waals surface area contributed by atoms with Crippen LogP contribution in [0.5, 0.6) is 0 Å². The molecule has 1 N–H and O–H groups in total. The molecule has 24 heavy (non-hydrogen) atoms. The summed E-state index contributed by atoms with van der Waals surface area (Å²) in [6.07, 6.45) is 2.38. The number of hydrogen-bond donors (Lipinski definition) is 1. The molecule has 1 aliphatic heterocycles. The number of hydrogen-bond acceptors (Lipinski definition) is 5. The van der Waals surface area contributed by atoms with E-state index in [4.69, 9.17) is 4.74 Å². The summed E-state index contributed by atoms with van der Waals surface area (Å²) in [6.45, 7) is 3.68. The van der Waals surface area contributed by atoms with Crippen molar-refractivity contribution in [1.82, 2.24) is 10.2 Å². The number of benzene rings is 1. The van der Waals surface area contributed by atoms with E-state index >= 15 is 0 Å². The number of nitrogens with zero attached hydrogens (tertiary/aromatic N) is 2. The highest BCUT2D eigenvalue weighted by atomic mass is 16.5. The zero-order valence-electron chi connectivity index (χ0n) is 14.7. The van der Waals surface area contributed by atoms with Crippen molar-refractivity contribution in [1.29, 1.82) is 0 Å². The lowest BCUT2D eigenvalue weighted by molar-refractivity contribution is -0.146. The Bertz CT molecular complexity index is 551. The molecule has 6 nitrogen and oxygen atoms in total. The van der Waals surface area contributed by atoms with E-state index in [0.29, 0.717) is 6.54 Å². The van der Waals surface area contributed by atoms with Gasteiger partial charge in [-0.25, -0.2) is 0 Å². The summed E-state index contributed by atoms with van der Waals surface area (Å²) < 4.78 is 4.74. The van der Waals surface area contributed by atoms with Gasteiger partial charge in [0.05, 0.1) is 6.04 Å². The number of ether oxygens (including phenoxy) is 1. The number of anilines is 1. The van der Waals surface area contributed by atoms with Crippen LogP contribution in [-0.2, 0) is 14.3 Å². The second-order valence-electron chi connectivity index (χ2n) is 6.33. The van der Waals surface area contributed by atoms with Crippen LogP contribution in [0.2, 0.25) is 0 Å². The van der Waals surface area contributed by atoms with Gasteiger partial charge >= 0.3 is 5.97 Å². The van der Waals surface area contributed by atoms with Crippen LogP contribution >= 0.6 is 0 Å². The zero-order chi connectivity index (χ0) is 17.5. The summed E-state index contributed by atoms with van der Waals surface area (Å²) in [4.78, 5) is 27.1. The van der Waals surface area contributed by atoms with E-state index in [9.17, 15) is 9.59 Å². The summed E-state index contributed by atoms with van der Waals surface area (Å²) in [7, 11) is 4.03. The van der Waals surface area contributed by atoms with Gasteiger partial charge in [0, 0.05) is 33.3 Å². The van der Waals surface area contributed by atoms with E-state index in [0.717, 1.165) is 18.8 Å². The Labute approximate surface area is 143 Å². The standard InChI is InChI=1S/C18H27N3O3/c1-14(22)24-13-18(23)19-12-17(21-10-4-5-11-21)15-6-8-16(9-7-15)20(2)3/h6-9,17H,4-5,10-13H2,1-3H3,(H,19,23)/t17-/m0/s1. The van der Waals surface area contributed by atoms with E-state index in [2.05, 4.69) is 39.4 Å². The molecule has 1 aliphatic rings. The molecule has 0 unspecified atom stereocenters. The SMILES string of the molecule is CC(=O)OCC(=O)NC[C@@H](c1ccc(N(C)C)cc1)N1CCCC1. The number of nitrogens with one attached hydrogen (secondary N) is 1. The quantitative estimate of drug-likeness (QED) is 0.768. The van der Waals surface area contributed by atoms with Crippen LogP contribution < -0.4 is 10.2 Å². The average molecular weight is 333 g/mol. The molecule has 0 saturated carbocycles. The second-order valence-corrected chi connectivity index (χ2v) is 6.33. The highest BCUT2D eigenvalue weighted by molar-refractivity contribution is 5.79. The number of likely N-dealkylation sites (tertiary alicyclic amines) is 1. The van der Waals surface area contributed by atoms with Crippen LogP contribution in [0.15, 0.2) is 24.3 Å². The molecule has 132 valence electrons. The molecule has 0 spiro atoms. The summed E-state index contributed by atoms with van der Waals surface area (Å²) in [5, 5.41) is 2.88. The predicted molar refractivity (Wildman–Crippen MR) is 94.0 cm³/mol. The monoisotopic (exact) mass is 333 g/mol. The van der Waals surface area contributed by atoms with Gasteiger partial charge in [0.25, 0.3) is 5.91 Å². The van der Waals surface area contributed by atoms with Gasteiger partial charge in [-0.1, -0.05) is 12.1 Å². The van der Waals surface area contributed by atoms with Gasteiger partial charge in [-0.15, -0.1) is 0 Å². The van der Waals surface area contributed by atoms with Crippen molar-refractivity contribution in [3.63, 3.8) is 0 Å². The minimum absolute atomic E-state index is 0.144. The third kappa shape index (κ3) is 5.23. The first-order chi connectivity index (χ1) is 11.5. The molecule has 1 amide bonds. The number of carbonyl (C=O) groups is 2. The normalized spacial score (nSPS) is 15.8. The van der Waals surface area contributed by atoms with Crippen LogP contribution in [0.4, 0.5) is 5.69 Å². The highest BCUT2D eigenvalue weighted by Crippen LogP contribution is 2.26. The van der Waals surface area contributed by atoms with Crippen molar-refractivity contribution in [3.05, 3.63) is 29.8 Å². The van der Waals surface area contributed by atoms with E-state index in [1.807, 2.05) is 14.1 Å². The van der Waals surface area contributed by atoms with Crippen LogP contribution in [0.25, 0.3) is 0 Å². The van der Waals surface area contributed by atoms with Gasteiger partial charge in [-0.2, -0.15) is 0 Å². The zero-order valence-corrected chi connectivity index (χ0v) is 14.7. The lowest BCUT2D eigenvalue weighted by atomic mass is 10.0. The largest absolute Gasteiger partial charge is 0.456 e. The Balaban J connectivity index is 2.02. The molecular formula is C18H27N3O3. The molecule has 0 aromatic heterocycles. The summed E-state index contributed by atoms with van der Waals surface area (Å²) in [6, 6.07) is 8.58. The van der Waals surface area contributed by atoms with E-state index in [1.165, 1.54) is 25.3 Å². The van der Waals surface area contributed by atoms with Crippen LogP contribution in [0.3, 0.4) is 0 Å². The first-order valence-electron chi connectivity index (χ1n) is 8.39. The van der Waals surface area contributed by atoms with Gasteiger partial charge < -0.3 is 15.0 Å². The summed E-state index contributed by atoms with van der Waals surface area (Å²) in [5.74, 6) is -0.708. The Hall–Kier alpha value is -2.08. The molecule has 1 aromatic rings. The molecule has 0 bridgehead atoms. The number of carbonyl (C=O) groups excluding carboxylic acids is 2. The Morgan fingerprint density at radius 1 is 1.21 bits per heavy atom. The van der Waals surface area contributed by atoms with Crippen LogP contribution in [-0.4, -0.2) is 57.1 Å². The van der Waals surface area contributed by atoms with Gasteiger partial charge in [0.1, 0.15) is 0 Å². The topological polar surface area (TPSA) is 61.9 Å². The van der Waals surface area contributed by atoms with Crippen molar-refractivity contribution < 1.29 is 14.3 Å². The Morgan fingerprint density at radius 3 is 2.38 bits per heavy atom. The predicted octanol–water partition coefficient (Wildman–Crippen LogP) is 1.57. The number of esters is 1. The minimum atomic E-state index is -0.444. The number of amides is 1. The molecule has 2 rings (SSSR count). The highest BCUT2D eigenvalue weighted by Gasteiger charge is 2.24. The van der Waals surface area contributed by atoms with E-state index < -0.39 is 5.97 Å². The Kier molecular flexibility index (Phi) is 6.61. The molecule has 1 saturated heterocycles. The van der Waals surface area contributed by atoms with Crippen molar-refractivity contribution in [2.75, 3.05) is 45.2 Å². The smallest absolute Gasteiger partial charge is 0.303 e. The maximum atomic E-state index is 11.8. The first kappa shape index (κ1) is 18.3. The van der Waals surface area contributed by atoms with Crippen molar-refractivity contribution in [2.24, 2.45) is 0 Å². The molecule has 1 aromatic carbocycles. The average Bonchev–Trinajstić information content (AvgIpc) is 3.08. The summed E-state index contributed by atoms with van der Waals surface area (Å²) >= 11 is 0. The van der Waals surface area contributed by atoms with Crippen molar-refractivity contribution in [3.8, 4) is 0 Å². The third-order valence-electron chi connectivity index (χ3n) is 4.27. The maximum Gasteiger partial charge on any atom is 0.303 e. The molecule has 6 heteroatoms. The molecular weight excluding hydrogens is 306 g/mol. The lowest BCUT2D eigenvalue weighted by Gasteiger charge is -2.28. The van der Waals surface area contributed by atoms with Gasteiger partial charge in [-0.05, 0) is 43.6 Å². The fourth-order valence-electron chi connectivity index (χ4n) is 2.93. The van der Waals surface area contributed by atoms with Crippen molar-refractivity contribution in [2.45, 2.75) is 25.8 Å². The maximum absolute atomic E-state index is 11.8. The fourth-order valence-corrected chi connectivity index (χ4v) is 2.93. The second kappa shape index (κ2) is 8.68. The van der Waals surface area contributed by atoms with E-state index in [1.54, 1.807) is 0 Å². The molecule has 1 fully saturated rings. The third-order valence-corrected chi connectivity index (χ3v) is 4.27. The molecule has 1 atom stereocenters. The van der Waals surface area contributed by atoms with Crippen LogP contribution in [0.1, 0.15) is 31.4 Å². The lowest BCUT2D eigenvalue weighted by Crippen LogP contribution is -2.38. The molecule has 0 aliphatic carbocycles. The molecule has 1 heterocycles. The van der Waals surface area contributed by atoms with Gasteiger partial charge in [0.15, 0.2) is 6.61 Å². The van der Waals surface area contributed by atoms with Crippen LogP contribution in [0, 0.1) is 0 Å². The fraction of sp³-hybridized carbons (Fsp3) is 0.556. The Morgan fingerprint density at radius 2 is 1.83 bits per heavy atom. The van der Waals surface area contributed by atoms with Crippen molar-refractivity contribution >= 4 is 17.6 Å². The molecule has 0 radical (unpaired) electrons. The number of rotatable bonds is 7. The van der Waals surface area contributed by atoms with Gasteiger partial charge in [-0.3, -0.25) is 14.5 Å². The van der Waals surface area contributed by atoms with Gasteiger partial charge in [0.2, 0.25) is 0 Å². The minimum Gasteiger partial charge on any atom is -0.456 e. The summed E-state index contributed by atoms with van der Waals surface area (Å²) in [5.41, 5.74) is 2.34. The first-order valence-corrected chi connectivity index (χ1v) is 8.39. The van der Waals surface area contributed by atoms with E-state index in [-0.39, 0.29) is 18.6 Å².